The monoisotopic (exact) mass is 409 g/mol. The Labute approximate surface area is 165 Å². The van der Waals surface area contributed by atoms with Gasteiger partial charge in [0.05, 0.1) is 18.6 Å². The van der Waals surface area contributed by atoms with E-state index in [4.69, 9.17) is 4.74 Å². The number of methoxy groups -OCH3 is 1. The zero-order valence-corrected chi connectivity index (χ0v) is 16.9. The first-order valence-electron chi connectivity index (χ1n) is 9.85. The SMILES string of the molecule is COc1cc(N(C2CC2)C2CCN(C(=O)NC3CCS(=O)(=O)C3)CC2)ncn1. The Morgan fingerprint density at radius 1 is 1.18 bits per heavy atom. The second kappa shape index (κ2) is 7.73. The Hall–Kier alpha value is -2.10. The fourth-order valence-corrected chi connectivity index (χ4v) is 5.80. The van der Waals surface area contributed by atoms with Crippen molar-refractivity contribution in [2.75, 3.05) is 36.6 Å². The summed E-state index contributed by atoms with van der Waals surface area (Å²) in [5.41, 5.74) is 0. The molecule has 2 amide bonds. The number of aromatic nitrogens is 2. The van der Waals surface area contributed by atoms with E-state index in [1.807, 2.05) is 6.07 Å². The molecule has 0 radical (unpaired) electrons. The molecule has 28 heavy (non-hydrogen) atoms. The molecule has 3 heterocycles. The average Bonchev–Trinajstić information content (AvgIpc) is 3.46. The van der Waals surface area contributed by atoms with Crippen LogP contribution in [0.5, 0.6) is 5.88 Å². The summed E-state index contributed by atoms with van der Waals surface area (Å²) in [6.07, 6.45) is 6.07. The van der Waals surface area contributed by atoms with Crippen molar-refractivity contribution < 1.29 is 17.9 Å². The standard InChI is InChI=1S/C18H27N5O4S/c1-27-17-10-16(19-12-20-17)23(14-2-3-14)15-4-7-22(8-5-15)18(24)21-13-6-9-28(25,26)11-13/h10,12-15H,2-9,11H2,1H3,(H,21,24). The summed E-state index contributed by atoms with van der Waals surface area (Å²) in [4.78, 5) is 25.2. The number of hydrogen-bond donors (Lipinski definition) is 1. The summed E-state index contributed by atoms with van der Waals surface area (Å²) in [6.45, 7) is 1.31. The Balaban J connectivity index is 1.35. The van der Waals surface area contributed by atoms with E-state index >= 15 is 0 Å². The van der Waals surface area contributed by atoms with E-state index in [0.717, 1.165) is 31.5 Å². The molecule has 1 saturated carbocycles. The van der Waals surface area contributed by atoms with Crippen LogP contribution in [-0.4, -0.2) is 79.1 Å². The molecule has 1 aromatic rings. The Morgan fingerprint density at radius 2 is 1.89 bits per heavy atom. The number of nitrogens with zero attached hydrogens (tertiary/aromatic N) is 4. The lowest BCUT2D eigenvalue weighted by Crippen LogP contribution is -2.52. The molecule has 2 saturated heterocycles. The number of sulfone groups is 1. The molecule has 1 aliphatic carbocycles. The molecule has 3 aliphatic rings. The van der Waals surface area contributed by atoms with Gasteiger partial charge in [0.25, 0.3) is 0 Å². The minimum Gasteiger partial charge on any atom is -0.481 e. The van der Waals surface area contributed by atoms with Crippen LogP contribution in [0.2, 0.25) is 0 Å². The zero-order valence-electron chi connectivity index (χ0n) is 16.1. The second-order valence-corrected chi connectivity index (χ2v) is 10.1. The van der Waals surface area contributed by atoms with E-state index in [2.05, 4.69) is 20.2 Å². The number of rotatable bonds is 5. The lowest BCUT2D eigenvalue weighted by Gasteiger charge is -2.39. The van der Waals surface area contributed by atoms with E-state index in [-0.39, 0.29) is 23.6 Å². The zero-order chi connectivity index (χ0) is 19.7. The molecule has 3 fully saturated rings. The number of urea groups is 1. The summed E-state index contributed by atoms with van der Waals surface area (Å²) in [5.74, 6) is 1.66. The molecule has 1 aromatic heterocycles. The van der Waals surface area contributed by atoms with Crippen LogP contribution in [0, 0.1) is 0 Å². The molecule has 0 bridgehead atoms. The van der Waals surface area contributed by atoms with Crippen molar-refractivity contribution in [1.29, 1.82) is 0 Å². The summed E-state index contributed by atoms with van der Waals surface area (Å²) in [6, 6.07) is 2.28. The van der Waals surface area contributed by atoms with Crippen molar-refractivity contribution >= 4 is 21.7 Å². The predicted octanol–water partition coefficient (Wildman–Crippen LogP) is 0.815. The number of amides is 2. The summed E-state index contributed by atoms with van der Waals surface area (Å²) < 4.78 is 28.4. The Kier molecular flexibility index (Phi) is 5.31. The Bertz CT molecular complexity index is 821. The van der Waals surface area contributed by atoms with E-state index in [1.165, 1.54) is 6.33 Å². The van der Waals surface area contributed by atoms with Gasteiger partial charge in [0.1, 0.15) is 12.1 Å². The molecule has 0 aromatic carbocycles. The molecule has 1 unspecified atom stereocenters. The van der Waals surface area contributed by atoms with E-state index < -0.39 is 9.84 Å². The van der Waals surface area contributed by atoms with Gasteiger partial charge in [0.2, 0.25) is 5.88 Å². The normalized spacial score (nSPS) is 24.8. The minimum atomic E-state index is -2.99. The number of carbonyl (C=O) groups is 1. The molecule has 1 atom stereocenters. The first-order valence-corrected chi connectivity index (χ1v) is 11.7. The summed E-state index contributed by atoms with van der Waals surface area (Å²) >= 11 is 0. The van der Waals surface area contributed by atoms with Crippen molar-refractivity contribution in [3.63, 3.8) is 0 Å². The van der Waals surface area contributed by atoms with Gasteiger partial charge in [-0.3, -0.25) is 0 Å². The van der Waals surface area contributed by atoms with Crippen molar-refractivity contribution in [1.82, 2.24) is 20.2 Å². The quantitative estimate of drug-likeness (QED) is 0.767. The van der Waals surface area contributed by atoms with Crippen molar-refractivity contribution in [2.45, 2.75) is 50.2 Å². The van der Waals surface area contributed by atoms with Crippen LogP contribution in [0.25, 0.3) is 0 Å². The average molecular weight is 410 g/mol. The molecule has 2 aliphatic heterocycles. The number of ether oxygens (including phenoxy) is 1. The lowest BCUT2D eigenvalue weighted by atomic mass is 10.0. The van der Waals surface area contributed by atoms with Gasteiger partial charge in [-0.15, -0.1) is 0 Å². The number of likely N-dealkylation sites (tertiary alicyclic amines) is 1. The predicted molar refractivity (Wildman–Crippen MR) is 104 cm³/mol. The third kappa shape index (κ3) is 4.31. The molecule has 10 heteroatoms. The third-order valence-electron chi connectivity index (χ3n) is 5.75. The van der Waals surface area contributed by atoms with Gasteiger partial charge in [-0.05, 0) is 32.1 Å². The summed E-state index contributed by atoms with van der Waals surface area (Å²) in [7, 11) is -1.40. The van der Waals surface area contributed by atoms with Crippen LogP contribution in [0.3, 0.4) is 0 Å². The number of hydrogen-bond acceptors (Lipinski definition) is 7. The first kappa shape index (κ1) is 19.2. The highest BCUT2D eigenvalue weighted by Crippen LogP contribution is 2.36. The van der Waals surface area contributed by atoms with Gasteiger partial charge in [0, 0.05) is 37.3 Å². The third-order valence-corrected chi connectivity index (χ3v) is 7.51. The van der Waals surface area contributed by atoms with E-state index in [1.54, 1.807) is 12.0 Å². The lowest BCUT2D eigenvalue weighted by molar-refractivity contribution is 0.177. The number of nitrogens with one attached hydrogen (secondary N) is 1. The smallest absolute Gasteiger partial charge is 0.317 e. The van der Waals surface area contributed by atoms with Crippen LogP contribution in [0.15, 0.2) is 12.4 Å². The van der Waals surface area contributed by atoms with Crippen molar-refractivity contribution in [3.05, 3.63) is 12.4 Å². The van der Waals surface area contributed by atoms with Crippen LogP contribution < -0.4 is 15.0 Å². The minimum absolute atomic E-state index is 0.0558. The topological polar surface area (TPSA) is 105 Å². The van der Waals surface area contributed by atoms with E-state index in [0.29, 0.717) is 37.5 Å². The van der Waals surface area contributed by atoms with Gasteiger partial charge in [-0.2, -0.15) is 0 Å². The Morgan fingerprint density at radius 3 is 2.50 bits per heavy atom. The molecule has 154 valence electrons. The molecule has 9 nitrogen and oxygen atoms in total. The molecular formula is C18H27N5O4S. The van der Waals surface area contributed by atoms with Crippen molar-refractivity contribution in [3.8, 4) is 5.88 Å². The maximum Gasteiger partial charge on any atom is 0.317 e. The molecular weight excluding hydrogens is 382 g/mol. The highest BCUT2D eigenvalue weighted by atomic mass is 32.2. The number of piperidine rings is 1. The van der Waals surface area contributed by atoms with Crippen LogP contribution in [0.1, 0.15) is 32.1 Å². The summed E-state index contributed by atoms with van der Waals surface area (Å²) in [5, 5.41) is 2.89. The first-order chi connectivity index (χ1) is 13.4. The van der Waals surface area contributed by atoms with Gasteiger partial charge in [0.15, 0.2) is 9.84 Å². The van der Waals surface area contributed by atoms with Crippen LogP contribution in [-0.2, 0) is 9.84 Å². The maximum absolute atomic E-state index is 12.5. The van der Waals surface area contributed by atoms with Gasteiger partial charge in [-0.25, -0.2) is 23.2 Å². The molecule has 4 rings (SSSR count). The van der Waals surface area contributed by atoms with Gasteiger partial charge >= 0.3 is 6.03 Å². The fraction of sp³-hybridized carbons (Fsp3) is 0.722. The van der Waals surface area contributed by atoms with Crippen LogP contribution in [0.4, 0.5) is 10.6 Å². The maximum atomic E-state index is 12.5. The highest BCUT2D eigenvalue weighted by Gasteiger charge is 2.38. The molecule has 0 spiro atoms. The number of anilines is 1. The number of carbonyl (C=O) groups excluding carboxylic acids is 1. The van der Waals surface area contributed by atoms with Crippen molar-refractivity contribution in [2.24, 2.45) is 0 Å². The van der Waals surface area contributed by atoms with Gasteiger partial charge in [-0.1, -0.05) is 0 Å². The highest BCUT2D eigenvalue weighted by molar-refractivity contribution is 7.91. The van der Waals surface area contributed by atoms with Crippen LogP contribution >= 0.6 is 0 Å². The van der Waals surface area contributed by atoms with Gasteiger partial charge < -0.3 is 19.9 Å². The molecule has 1 N–H and O–H groups in total. The fourth-order valence-electron chi connectivity index (χ4n) is 4.13. The largest absolute Gasteiger partial charge is 0.481 e. The van der Waals surface area contributed by atoms with E-state index in [9.17, 15) is 13.2 Å². The second-order valence-electron chi connectivity index (χ2n) is 7.82.